The minimum atomic E-state index is 0.347. The Balaban J connectivity index is 1.99. The lowest BCUT2D eigenvalue weighted by atomic mass is 9.85. The smallest absolute Gasteiger partial charge is 0.203 e. The molecule has 1 N–H and O–H groups in total. The van der Waals surface area contributed by atoms with Gasteiger partial charge in [0.2, 0.25) is 5.75 Å². The first-order chi connectivity index (χ1) is 12.3. The Morgan fingerprint density at radius 2 is 1.60 bits per heavy atom. The van der Waals surface area contributed by atoms with Crippen molar-refractivity contribution in [3.8, 4) is 17.2 Å². The standard InChI is InChI=1S/C19H30N2O4/c1-22-16-12-15(13-17(23-2)19(16)24-3)18(14-4-10-25-11-5-14)21-8-6-20-7-9-21/h12-14,18,20H,4-11H2,1-3H3/t18-/m0/s1. The average Bonchev–Trinajstić information content (AvgIpc) is 2.69. The Bertz CT molecular complexity index is 511. The Kier molecular flexibility index (Phi) is 6.39. The second kappa shape index (κ2) is 8.74. The highest BCUT2D eigenvalue weighted by molar-refractivity contribution is 5.54. The Labute approximate surface area is 150 Å². The van der Waals surface area contributed by atoms with E-state index in [1.807, 2.05) is 0 Å². The summed E-state index contributed by atoms with van der Waals surface area (Å²) in [5, 5.41) is 3.45. The van der Waals surface area contributed by atoms with Gasteiger partial charge in [-0.05, 0) is 36.5 Å². The van der Waals surface area contributed by atoms with Crippen molar-refractivity contribution in [2.75, 3.05) is 60.7 Å². The number of nitrogens with one attached hydrogen (secondary N) is 1. The van der Waals surface area contributed by atoms with E-state index in [4.69, 9.17) is 18.9 Å². The van der Waals surface area contributed by atoms with E-state index < -0.39 is 0 Å². The van der Waals surface area contributed by atoms with E-state index in [9.17, 15) is 0 Å². The van der Waals surface area contributed by atoms with Gasteiger partial charge in [-0.2, -0.15) is 0 Å². The Hall–Kier alpha value is -1.50. The maximum atomic E-state index is 5.60. The van der Waals surface area contributed by atoms with Crippen molar-refractivity contribution in [2.24, 2.45) is 5.92 Å². The minimum Gasteiger partial charge on any atom is -0.493 e. The summed E-state index contributed by atoms with van der Waals surface area (Å²) in [7, 11) is 5.00. The summed E-state index contributed by atoms with van der Waals surface area (Å²) in [5.41, 5.74) is 1.24. The Morgan fingerprint density at radius 1 is 1.00 bits per heavy atom. The van der Waals surface area contributed by atoms with E-state index in [0.29, 0.717) is 17.7 Å². The van der Waals surface area contributed by atoms with Crippen molar-refractivity contribution in [1.82, 2.24) is 10.2 Å². The van der Waals surface area contributed by atoms with Crippen LogP contribution in [0.15, 0.2) is 12.1 Å². The largest absolute Gasteiger partial charge is 0.493 e. The van der Waals surface area contributed by atoms with Crippen molar-refractivity contribution in [3.63, 3.8) is 0 Å². The summed E-state index contributed by atoms with van der Waals surface area (Å²) in [6.45, 7) is 5.86. The van der Waals surface area contributed by atoms with Crippen LogP contribution in [0.2, 0.25) is 0 Å². The number of nitrogens with zero attached hydrogens (tertiary/aromatic N) is 1. The fourth-order valence-electron chi connectivity index (χ4n) is 4.05. The maximum absolute atomic E-state index is 5.60. The van der Waals surface area contributed by atoms with E-state index in [2.05, 4.69) is 22.3 Å². The van der Waals surface area contributed by atoms with Crippen molar-refractivity contribution in [2.45, 2.75) is 18.9 Å². The van der Waals surface area contributed by atoms with Crippen LogP contribution >= 0.6 is 0 Å². The summed E-state index contributed by atoms with van der Waals surface area (Å²) in [5.74, 6) is 2.68. The number of ether oxygens (including phenoxy) is 4. The lowest BCUT2D eigenvalue weighted by Gasteiger charge is -2.41. The molecule has 2 aliphatic heterocycles. The quantitative estimate of drug-likeness (QED) is 0.848. The van der Waals surface area contributed by atoms with Crippen LogP contribution in [0, 0.1) is 5.92 Å². The van der Waals surface area contributed by atoms with Crippen LogP contribution in [0.1, 0.15) is 24.4 Å². The number of rotatable bonds is 6. The molecule has 1 atom stereocenters. The van der Waals surface area contributed by atoms with E-state index in [-0.39, 0.29) is 0 Å². The third-order valence-corrected chi connectivity index (χ3v) is 5.29. The topological polar surface area (TPSA) is 52.2 Å². The minimum absolute atomic E-state index is 0.347. The second-order valence-electron chi connectivity index (χ2n) is 6.64. The third-order valence-electron chi connectivity index (χ3n) is 5.29. The molecule has 0 radical (unpaired) electrons. The van der Waals surface area contributed by atoms with Gasteiger partial charge in [-0.3, -0.25) is 4.90 Å². The monoisotopic (exact) mass is 350 g/mol. The normalized spacial score (nSPS) is 20.9. The highest BCUT2D eigenvalue weighted by Crippen LogP contribution is 2.43. The highest BCUT2D eigenvalue weighted by Gasteiger charge is 2.32. The van der Waals surface area contributed by atoms with Crippen molar-refractivity contribution < 1.29 is 18.9 Å². The molecule has 0 unspecified atom stereocenters. The molecule has 6 nitrogen and oxygen atoms in total. The van der Waals surface area contributed by atoms with Gasteiger partial charge >= 0.3 is 0 Å². The molecule has 140 valence electrons. The summed E-state index contributed by atoms with van der Waals surface area (Å²) in [4.78, 5) is 2.59. The van der Waals surface area contributed by atoms with Crippen molar-refractivity contribution in [3.05, 3.63) is 17.7 Å². The molecule has 2 heterocycles. The van der Waals surface area contributed by atoms with Gasteiger partial charge in [0, 0.05) is 45.4 Å². The average molecular weight is 350 g/mol. The molecular weight excluding hydrogens is 320 g/mol. The molecule has 0 aliphatic carbocycles. The van der Waals surface area contributed by atoms with Crippen molar-refractivity contribution >= 4 is 0 Å². The number of piperazine rings is 1. The number of hydrogen-bond acceptors (Lipinski definition) is 6. The first-order valence-corrected chi connectivity index (χ1v) is 9.11. The molecule has 2 saturated heterocycles. The molecule has 6 heteroatoms. The molecule has 3 rings (SSSR count). The lowest BCUT2D eigenvalue weighted by Crippen LogP contribution is -2.47. The predicted molar refractivity (Wildman–Crippen MR) is 96.8 cm³/mol. The van der Waals surface area contributed by atoms with Crippen LogP contribution < -0.4 is 19.5 Å². The number of hydrogen-bond donors (Lipinski definition) is 1. The SMILES string of the molecule is COc1cc([C@H](C2CCOCC2)N2CCNCC2)cc(OC)c1OC. The molecule has 0 aromatic heterocycles. The van der Waals surface area contributed by atoms with Gasteiger partial charge in [-0.1, -0.05) is 0 Å². The van der Waals surface area contributed by atoms with Crippen LogP contribution in [-0.2, 0) is 4.74 Å². The molecule has 0 bridgehead atoms. The van der Waals surface area contributed by atoms with Crippen LogP contribution in [-0.4, -0.2) is 65.6 Å². The van der Waals surface area contributed by atoms with Crippen LogP contribution in [0.4, 0.5) is 0 Å². The molecule has 2 fully saturated rings. The fourth-order valence-corrected chi connectivity index (χ4v) is 4.05. The van der Waals surface area contributed by atoms with Gasteiger partial charge in [0.15, 0.2) is 11.5 Å². The first-order valence-electron chi connectivity index (χ1n) is 9.11. The van der Waals surface area contributed by atoms with Crippen LogP contribution in [0.5, 0.6) is 17.2 Å². The Morgan fingerprint density at radius 3 is 2.12 bits per heavy atom. The van der Waals surface area contributed by atoms with Gasteiger partial charge in [-0.15, -0.1) is 0 Å². The molecule has 2 aliphatic rings. The predicted octanol–water partition coefficient (Wildman–Crippen LogP) is 2.09. The van der Waals surface area contributed by atoms with Crippen molar-refractivity contribution in [1.29, 1.82) is 0 Å². The molecule has 0 saturated carbocycles. The molecular formula is C19H30N2O4. The fraction of sp³-hybridized carbons (Fsp3) is 0.684. The second-order valence-corrected chi connectivity index (χ2v) is 6.64. The van der Waals surface area contributed by atoms with E-state index in [0.717, 1.165) is 63.7 Å². The van der Waals surface area contributed by atoms with E-state index >= 15 is 0 Å². The zero-order valence-electron chi connectivity index (χ0n) is 15.5. The summed E-state index contributed by atoms with van der Waals surface area (Å²) in [6.07, 6.45) is 2.18. The summed E-state index contributed by atoms with van der Waals surface area (Å²) < 4.78 is 22.3. The highest BCUT2D eigenvalue weighted by atomic mass is 16.5. The van der Waals surface area contributed by atoms with Gasteiger partial charge in [0.25, 0.3) is 0 Å². The zero-order valence-corrected chi connectivity index (χ0v) is 15.5. The number of benzene rings is 1. The molecule has 1 aromatic rings. The molecule has 0 amide bonds. The van der Waals surface area contributed by atoms with E-state index in [1.165, 1.54) is 5.56 Å². The summed E-state index contributed by atoms with van der Waals surface area (Å²) in [6, 6.07) is 4.58. The first kappa shape index (κ1) is 18.3. The molecule has 1 aromatic carbocycles. The lowest BCUT2D eigenvalue weighted by molar-refractivity contribution is 0.0212. The zero-order chi connectivity index (χ0) is 17.6. The van der Waals surface area contributed by atoms with Crippen LogP contribution in [0.3, 0.4) is 0 Å². The third kappa shape index (κ3) is 4.02. The number of methoxy groups -OCH3 is 3. The van der Waals surface area contributed by atoms with Gasteiger partial charge in [0.05, 0.1) is 21.3 Å². The molecule has 25 heavy (non-hydrogen) atoms. The van der Waals surface area contributed by atoms with Gasteiger partial charge < -0.3 is 24.3 Å². The van der Waals surface area contributed by atoms with E-state index in [1.54, 1.807) is 21.3 Å². The van der Waals surface area contributed by atoms with Gasteiger partial charge in [0.1, 0.15) is 0 Å². The van der Waals surface area contributed by atoms with Crippen LogP contribution in [0.25, 0.3) is 0 Å². The van der Waals surface area contributed by atoms with Gasteiger partial charge in [-0.25, -0.2) is 0 Å². The molecule has 0 spiro atoms. The summed E-state index contributed by atoms with van der Waals surface area (Å²) >= 11 is 0. The maximum Gasteiger partial charge on any atom is 0.203 e.